The summed E-state index contributed by atoms with van der Waals surface area (Å²) in [7, 11) is 0. The Morgan fingerprint density at radius 3 is 2.62 bits per heavy atom. The molecule has 1 amide bonds. The summed E-state index contributed by atoms with van der Waals surface area (Å²) in [5.74, 6) is -3.25. The number of carboxylic acid groups (broad SMARTS) is 1. The van der Waals surface area contributed by atoms with E-state index in [2.05, 4.69) is 10.3 Å². The molecule has 0 unspecified atom stereocenters. The first kappa shape index (κ1) is 14.6. The topological polar surface area (TPSA) is 79.3 Å². The minimum Gasteiger partial charge on any atom is -0.478 e. The monoisotopic (exact) mass is 292 g/mol. The third-order valence-corrected chi connectivity index (χ3v) is 2.64. The Morgan fingerprint density at radius 2 is 1.95 bits per heavy atom. The molecule has 0 atom stereocenters. The van der Waals surface area contributed by atoms with Crippen LogP contribution in [0.15, 0.2) is 36.5 Å². The first-order valence-corrected chi connectivity index (χ1v) is 5.89. The zero-order valence-corrected chi connectivity index (χ0v) is 10.6. The molecule has 2 rings (SSSR count). The van der Waals surface area contributed by atoms with E-state index in [1.54, 1.807) is 0 Å². The predicted molar refractivity (Wildman–Crippen MR) is 69.9 cm³/mol. The maximum Gasteiger partial charge on any atom is 0.335 e. The molecule has 2 N–H and O–H groups in total. The molecule has 108 valence electrons. The third kappa shape index (κ3) is 3.82. The van der Waals surface area contributed by atoms with E-state index in [1.807, 2.05) is 0 Å². The summed E-state index contributed by atoms with van der Waals surface area (Å²) in [6, 6.07) is 5.37. The number of nitrogens with zero attached hydrogens (tertiary/aromatic N) is 1. The highest BCUT2D eigenvalue weighted by Gasteiger charge is 2.11. The lowest BCUT2D eigenvalue weighted by atomic mass is 10.1. The van der Waals surface area contributed by atoms with Crippen LogP contribution < -0.4 is 5.32 Å². The van der Waals surface area contributed by atoms with E-state index in [-0.39, 0.29) is 23.4 Å². The number of hydrogen-bond donors (Lipinski definition) is 2. The van der Waals surface area contributed by atoms with Crippen LogP contribution in [-0.2, 0) is 11.2 Å². The molecule has 0 saturated carbocycles. The van der Waals surface area contributed by atoms with Gasteiger partial charge in [-0.1, -0.05) is 6.07 Å². The van der Waals surface area contributed by atoms with Crippen molar-refractivity contribution in [3.63, 3.8) is 0 Å². The molecule has 5 nitrogen and oxygen atoms in total. The minimum atomic E-state index is -1.16. The van der Waals surface area contributed by atoms with Gasteiger partial charge < -0.3 is 10.4 Å². The Balaban J connectivity index is 2.08. The number of amides is 1. The Bertz CT molecular complexity index is 704. The Kier molecular flexibility index (Phi) is 4.22. The Hall–Kier alpha value is -2.83. The normalized spacial score (nSPS) is 10.2. The van der Waals surface area contributed by atoms with Crippen molar-refractivity contribution in [1.29, 1.82) is 0 Å². The van der Waals surface area contributed by atoms with Gasteiger partial charge in [-0.15, -0.1) is 0 Å². The van der Waals surface area contributed by atoms with E-state index in [1.165, 1.54) is 24.4 Å². The molecule has 2 aromatic rings. The highest BCUT2D eigenvalue weighted by atomic mass is 19.1. The highest BCUT2D eigenvalue weighted by molar-refractivity contribution is 5.93. The minimum absolute atomic E-state index is 0.0308. The van der Waals surface area contributed by atoms with Gasteiger partial charge in [0.05, 0.1) is 12.0 Å². The standard InChI is InChI=1S/C14H10F2N2O3/c15-10-2-1-8(11(16)7-10)6-13(19)18-12-5-9(14(20)21)3-4-17-12/h1-5,7H,6H2,(H,20,21)(H,17,18,19). The lowest BCUT2D eigenvalue weighted by Crippen LogP contribution is -2.16. The molecule has 0 saturated heterocycles. The lowest BCUT2D eigenvalue weighted by molar-refractivity contribution is -0.115. The van der Waals surface area contributed by atoms with Gasteiger partial charge in [-0.2, -0.15) is 0 Å². The molecule has 1 aromatic heterocycles. The van der Waals surface area contributed by atoms with Crippen molar-refractivity contribution in [1.82, 2.24) is 4.98 Å². The number of rotatable bonds is 4. The second-order valence-electron chi connectivity index (χ2n) is 4.20. The van der Waals surface area contributed by atoms with Crippen LogP contribution in [0.4, 0.5) is 14.6 Å². The summed E-state index contributed by atoms with van der Waals surface area (Å²) in [5, 5.41) is 11.2. The number of aromatic carboxylic acids is 1. The van der Waals surface area contributed by atoms with Gasteiger partial charge in [-0.3, -0.25) is 4.79 Å². The van der Waals surface area contributed by atoms with Crippen LogP contribution in [0.2, 0.25) is 0 Å². The SMILES string of the molecule is O=C(Cc1ccc(F)cc1F)Nc1cc(C(=O)O)ccn1. The van der Waals surface area contributed by atoms with Crippen LogP contribution >= 0.6 is 0 Å². The van der Waals surface area contributed by atoms with Gasteiger partial charge in [0.2, 0.25) is 5.91 Å². The van der Waals surface area contributed by atoms with Gasteiger partial charge in [0, 0.05) is 12.3 Å². The molecule has 21 heavy (non-hydrogen) atoms. The summed E-state index contributed by atoms with van der Waals surface area (Å²) in [6.07, 6.45) is 0.919. The first-order chi connectivity index (χ1) is 9.95. The molecule has 0 aliphatic heterocycles. The number of carbonyl (C=O) groups is 2. The van der Waals surface area contributed by atoms with E-state index in [0.717, 1.165) is 6.07 Å². The number of hydrogen-bond acceptors (Lipinski definition) is 3. The van der Waals surface area contributed by atoms with Gasteiger partial charge >= 0.3 is 5.97 Å². The van der Waals surface area contributed by atoms with Crippen molar-refractivity contribution in [2.75, 3.05) is 5.32 Å². The van der Waals surface area contributed by atoms with E-state index in [0.29, 0.717) is 6.07 Å². The second kappa shape index (κ2) is 6.08. The smallest absolute Gasteiger partial charge is 0.335 e. The Labute approximate surface area is 118 Å². The summed E-state index contributed by atoms with van der Waals surface area (Å²) < 4.78 is 26.2. The zero-order valence-electron chi connectivity index (χ0n) is 10.6. The van der Waals surface area contributed by atoms with Crippen LogP contribution in [0.25, 0.3) is 0 Å². The van der Waals surface area contributed by atoms with Gasteiger partial charge in [-0.05, 0) is 23.8 Å². The molecule has 7 heteroatoms. The van der Waals surface area contributed by atoms with Gasteiger partial charge in [0.1, 0.15) is 17.5 Å². The van der Waals surface area contributed by atoms with Crippen molar-refractivity contribution in [3.8, 4) is 0 Å². The fourth-order valence-electron chi connectivity index (χ4n) is 1.66. The van der Waals surface area contributed by atoms with Crippen molar-refractivity contribution in [2.45, 2.75) is 6.42 Å². The fourth-order valence-corrected chi connectivity index (χ4v) is 1.66. The largest absolute Gasteiger partial charge is 0.478 e. The van der Waals surface area contributed by atoms with E-state index < -0.39 is 23.5 Å². The van der Waals surface area contributed by atoms with Gasteiger partial charge in [0.15, 0.2) is 0 Å². The molecule has 0 aliphatic rings. The van der Waals surface area contributed by atoms with Crippen molar-refractivity contribution in [3.05, 3.63) is 59.3 Å². The quantitative estimate of drug-likeness (QED) is 0.905. The number of anilines is 1. The van der Waals surface area contributed by atoms with Crippen LogP contribution in [0.3, 0.4) is 0 Å². The maximum absolute atomic E-state index is 13.4. The average molecular weight is 292 g/mol. The Morgan fingerprint density at radius 1 is 1.19 bits per heavy atom. The number of carbonyl (C=O) groups excluding carboxylic acids is 1. The number of nitrogens with one attached hydrogen (secondary N) is 1. The number of benzene rings is 1. The highest BCUT2D eigenvalue weighted by Crippen LogP contribution is 2.12. The van der Waals surface area contributed by atoms with Gasteiger partial charge in [0.25, 0.3) is 0 Å². The van der Waals surface area contributed by atoms with Crippen LogP contribution in [-0.4, -0.2) is 22.0 Å². The van der Waals surface area contributed by atoms with E-state index >= 15 is 0 Å². The van der Waals surface area contributed by atoms with Crippen molar-refractivity contribution < 1.29 is 23.5 Å². The first-order valence-electron chi connectivity index (χ1n) is 5.89. The third-order valence-electron chi connectivity index (χ3n) is 2.64. The molecule has 0 bridgehead atoms. The molecule has 0 fully saturated rings. The molecule has 1 aromatic carbocycles. The summed E-state index contributed by atoms with van der Waals surface area (Å²) >= 11 is 0. The molecule has 1 heterocycles. The maximum atomic E-state index is 13.4. The number of carboxylic acids is 1. The molecular weight excluding hydrogens is 282 g/mol. The van der Waals surface area contributed by atoms with Crippen molar-refractivity contribution >= 4 is 17.7 Å². The van der Waals surface area contributed by atoms with Crippen LogP contribution in [0.5, 0.6) is 0 Å². The second-order valence-corrected chi connectivity index (χ2v) is 4.20. The zero-order chi connectivity index (χ0) is 15.4. The fraction of sp³-hybridized carbons (Fsp3) is 0.0714. The number of pyridine rings is 1. The molecule has 0 spiro atoms. The van der Waals surface area contributed by atoms with Crippen LogP contribution in [0.1, 0.15) is 15.9 Å². The van der Waals surface area contributed by atoms with E-state index in [4.69, 9.17) is 5.11 Å². The van der Waals surface area contributed by atoms with Gasteiger partial charge in [-0.25, -0.2) is 18.6 Å². The van der Waals surface area contributed by atoms with E-state index in [9.17, 15) is 18.4 Å². The summed E-state index contributed by atoms with van der Waals surface area (Å²) in [6.45, 7) is 0. The molecule has 0 aliphatic carbocycles. The van der Waals surface area contributed by atoms with Crippen molar-refractivity contribution in [2.24, 2.45) is 0 Å². The number of aromatic nitrogens is 1. The van der Waals surface area contributed by atoms with Crippen LogP contribution in [0, 0.1) is 11.6 Å². The molecule has 0 radical (unpaired) electrons. The number of halogens is 2. The summed E-state index contributed by atoms with van der Waals surface area (Å²) in [5.41, 5.74) is -0.00319. The lowest BCUT2D eigenvalue weighted by Gasteiger charge is -2.06. The predicted octanol–water partition coefficient (Wildman–Crippen LogP) is 2.24. The average Bonchev–Trinajstić information content (AvgIpc) is 2.42. The summed E-state index contributed by atoms with van der Waals surface area (Å²) in [4.78, 5) is 26.3. The molecular formula is C14H10F2N2O3.